The molecule has 2 N–H and O–H groups in total. The molecule has 0 aliphatic carbocycles. The molecule has 0 aromatic heterocycles. The average molecular weight is 246 g/mol. The molecular formula is C16H26N2. The number of nitrogens with one attached hydrogen (secondary N) is 2. The molecule has 0 spiro atoms. The second-order valence-corrected chi connectivity index (χ2v) is 5.50. The molecule has 2 rings (SSSR count). The Morgan fingerprint density at radius 3 is 2.89 bits per heavy atom. The van der Waals surface area contributed by atoms with Gasteiger partial charge in [-0.25, -0.2) is 0 Å². The molecule has 2 unspecified atom stereocenters. The molecule has 1 aliphatic rings. The van der Waals surface area contributed by atoms with Gasteiger partial charge in [0.2, 0.25) is 0 Å². The lowest BCUT2D eigenvalue weighted by Gasteiger charge is -2.21. The molecule has 1 heterocycles. The summed E-state index contributed by atoms with van der Waals surface area (Å²) in [5.74, 6) is 0. The van der Waals surface area contributed by atoms with E-state index in [-0.39, 0.29) is 0 Å². The van der Waals surface area contributed by atoms with E-state index in [9.17, 15) is 0 Å². The number of benzene rings is 1. The summed E-state index contributed by atoms with van der Waals surface area (Å²) < 4.78 is 0. The van der Waals surface area contributed by atoms with Gasteiger partial charge in [0.25, 0.3) is 0 Å². The minimum atomic E-state index is 0.584. The van der Waals surface area contributed by atoms with Crippen LogP contribution in [0, 0.1) is 0 Å². The van der Waals surface area contributed by atoms with Crippen molar-refractivity contribution in [2.45, 2.75) is 57.7 Å². The summed E-state index contributed by atoms with van der Waals surface area (Å²) in [5.41, 5.74) is 1.37. The Hall–Kier alpha value is -0.860. The van der Waals surface area contributed by atoms with Crippen molar-refractivity contribution in [3.63, 3.8) is 0 Å². The first-order valence-electron chi connectivity index (χ1n) is 7.35. The molecule has 2 heteroatoms. The highest BCUT2D eigenvalue weighted by molar-refractivity contribution is 5.14. The molecule has 1 saturated heterocycles. The molecule has 18 heavy (non-hydrogen) atoms. The Bertz CT molecular complexity index is 315. The highest BCUT2D eigenvalue weighted by Gasteiger charge is 2.14. The molecule has 0 amide bonds. The van der Waals surface area contributed by atoms with E-state index in [0.29, 0.717) is 12.1 Å². The Balaban J connectivity index is 1.69. The van der Waals surface area contributed by atoms with Gasteiger partial charge in [-0.1, -0.05) is 43.2 Å². The van der Waals surface area contributed by atoms with Crippen LogP contribution in [0.5, 0.6) is 0 Å². The normalized spacial score (nSPS) is 22.4. The maximum atomic E-state index is 3.67. The lowest BCUT2D eigenvalue weighted by atomic mass is 10.0. The third kappa shape index (κ3) is 4.79. The highest BCUT2D eigenvalue weighted by Crippen LogP contribution is 2.12. The molecular weight excluding hydrogens is 220 g/mol. The first kappa shape index (κ1) is 13.6. The molecule has 1 aromatic rings. The minimum absolute atomic E-state index is 0.584. The van der Waals surface area contributed by atoms with Gasteiger partial charge in [0.1, 0.15) is 0 Å². The van der Waals surface area contributed by atoms with Gasteiger partial charge in [0.05, 0.1) is 0 Å². The molecule has 1 aromatic carbocycles. The van der Waals surface area contributed by atoms with Crippen LogP contribution in [-0.2, 0) is 6.54 Å². The zero-order valence-electron chi connectivity index (χ0n) is 11.5. The molecule has 0 radical (unpaired) electrons. The molecule has 1 aliphatic heterocycles. The van der Waals surface area contributed by atoms with E-state index in [2.05, 4.69) is 47.9 Å². The standard InChI is InChI=1S/C16H26N2/c1-14(12-16-10-6-3-7-11-17-16)18-13-15-8-4-2-5-9-15/h2,4-5,8-9,14,16-18H,3,6-7,10-13H2,1H3. The highest BCUT2D eigenvalue weighted by atomic mass is 14.9. The van der Waals surface area contributed by atoms with E-state index in [4.69, 9.17) is 0 Å². The van der Waals surface area contributed by atoms with E-state index in [1.807, 2.05) is 0 Å². The molecule has 2 nitrogen and oxygen atoms in total. The monoisotopic (exact) mass is 246 g/mol. The predicted molar refractivity (Wildman–Crippen MR) is 77.6 cm³/mol. The second kappa shape index (κ2) is 7.55. The van der Waals surface area contributed by atoms with Crippen molar-refractivity contribution in [1.29, 1.82) is 0 Å². The first-order valence-corrected chi connectivity index (χ1v) is 7.35. The van der Waals surface area contributed by atoms with Crippen molar-refractivity contribution in [3.05, 3.63) is 35.9 Å². The largest absolute Gasteiger partial charge is 0.314 e. The Morgan fingerprint density at radius 1 is 1.22 bits per heavy atom. The number of hydrogen-bond acceptors (Lipinski definition) is 2. The SMILES string of the molecule is CC(CC1CCCCCN1)NCc1ccccc1. The van der Waals surface area contributed by atoms with Gasteiger partial charge in [0, 0.05) is 18.6 Å². The summed E-state index contributed by atoms with van der Waals surface area (Å²) >= 11 is 0. The summed E-state index contributed by atoms with van der Waals surface area (Å²) in [6, 6.07) is 11.9. The summed E-state index contributed by atoms with van der Waals surface area (Å²) in [6.07, 6.45) is 6.73. The third-order valence-electron chi connectivity index (χ3n) is 3.80. The van der Waals surface area contributed by atoms with Crippen LogP contribution in [0.2, 0.25) is 0 Å². The van der Waals surface area contributed by atoms with Crippen LogP contribution in [0.4, 0.5) is 0 Å². The van der Waals surface area contributed by atoms with Crippen molar-refractivity contribution in [3.8, 4) is 0 Å². The minimum Gasteiger partial charge on any atom is -0.314 e. The van der Waals surface area contributed by atoms with Crippen LogP contribution in [-0.4, -0.2) is 18.6 Å². The average Bonchev–Trinajstić information content (AvgIpc) is 2.66. The fourth-order valence-electron chi connectivity index (χ4n) is 2.70. The molecule has 100 valence electrons. The van der Waals surface area contributed by atoms with Crippen LogP contribution < -0.4 is 10.6 Å². The summed E-state index contributed by atoms with van der Waals surface area (Å²) in [6.45, 7) is 4.49. The zero-order valence-corrected chi connectivity index (χ0v) is 11.5. The topological polar surface area (TPSA) is 24.1 Å². The summed E-state index contributed by atoms with van der Waals surface area (Å²) in [7, 11) is 0. The van der Waals surface area contributed by atoms with E-state index in [1.54, 1.807) is 0 Å². The Labute approximate surface area is 111 Å². The van der Waals surface area contributed by atoms with E-state index in [1.165, 1.54) is 44.2 Å². The van der Waals surface area contributed by atoms with Crippen LogP contribution in [0.25, 0.3) is 0 Å². The quantitative estimate of drug-likeness (QED) is 0.834. The first-order chi connectivity index (χ1) is 8.84. The predicted octanol–water partition coefficient (Wildman–Crippen LogP) is 3.09. The molecule has 0 bridgehead atoms. The van der Waals surface area contributed by atoms with Gasteiger partial charge in [-0.05, 0) is 38.3 Å². The van der Waals surface area contributed by atoms with Gasteiger partial charge < -0.3 is 10.6 Å². The Kier molecular flexibility index (Phi) is 5.69. The molecule has 1 fully saturated rings. The number of rotatable bonds is 5. The van der Waals surface area contributed by atoms with Crippen LogP contribution in [0.15, 0.2) is 30.3 Å². The Morgan fingerprint density at radius 2 is 2.06 bits per heavy atom. The smallest absolute Gasteiger partial charge is 0.0207 e. The fraction of sp³-hybridized carbons (Fsp3) is 0.625. The zero-order chi connectivity index (χ0) is 12.6. The maximum Gasteiger partial charge on any atom is 0.0207 e. The van der Waals surface area contributed by atoms with Crippen molar-refractivity contribution >= 4 is 0 Å². The van der Waals surface area contributed by atoms with Crippen molar-refractivity contribution in [1.82, 2.24) is 10.6 Å². The van der Waals surface area contributed by atoms with E-state index in [0.717, 1.165) is 6.54 Å². The van der Waals surface area contributed by atoms with E-state index < -0.39 is 0 Å². The lowest BCUT2D eigenvalue weighted by Crippen LogP contribution is -2.36. The second-order valence-electron chi connectivity index (χ2n) is 5.50. The van der Waals surface area contributed by atoms with Gasteiger partial charge >= 0.3 is 0 Å². The molecule has 0 saturated carbocycles. The summed E-state index contributed by atoms with van der Waals surface area (Å²) in [5, 5.41) is 7.30. The van der Waals surface area contributed by atoms with Crippen LogP contribution in [0.1, 0.15) is 44.6 Å². The third-order valence-corrected chi connectivity index (χ3v) is 3.80. The fourth-order valence-corrected chi connectivity index (χ4v) is 2.70. The maximum absolute atomic E-state index is 3.67. The number of hydrogen-bond donors (Lipinski definition) is 2. The van der Waals surface area contributed by atoms with Gasteiger partial charge in [0.15, 0.2) is 0 Å². The van der Waals surface area contributed by atoms with Gasteiger partial charge in [-0.3, -0.25) is 0 Å². The van der Waals surface area contributed by atoms with Crippen molar-refractivity contribution < 1.29 is 0 Å². The molecule has 2 atom stereocenters. The van der Waals surface area contributed by atoms with Crippen LogP contribution in [0.3, 0.4) is 0 Å². The summed E-state index contributed by atoms with van der Waals surface area (Å²) in [4.78, 5) is 0. The van der Waals surface area contributed by atoms with Gasteiger partial charge in [-0.15, -0.1) is 0 Å². The lowest BCUT2D eigenvalue weighted by molar-refractivity contribution is 0.402. The van der Waals surface area contributed by atoms with Crippen LogP contribution >= 0.6 is 0 Å². The van der Waals surface area contributed by atoms with Gasteiger partial charge in [-0.2, -0.15) is 0 Å². The van der Waals surface area contributed by atoms with Crippen molar-refractivity contribution in [2.75, 3.05) is 6.54 Å². The van der Waals surface area contributed by atoms with E-state index >= 15 is 0 Å². The van der Waals surface area contributed by atoms with Crippen molar-refractivity contribution in [2.24, 2.45) is 0 Å².